The van der Waals surface area contributed by atoms with E-state index in [2.05, 4.69) is 28.4 Å². The Morgan fingerprint density at radius 3 is 2.42 bits per heavy atom. The van der Waals surface area contributed by atoms with Crippen molar-refractivity contribution in [1.82, 2.24) is 15.1 Å². The van der Waals surface area contributed by atoms with Gasteiger partial charge in [-0.2, -0.15) is 0 Å². The van der Waals surface area contributed by atoms with Crippen molar-refractivity contribution in [3.8, 4) is 5.75 Å². The number of benzene rings is 2. The molecule has 0 aliphatic carbocycles. The van der Waals surface area contributed by atoms with E-state index < -0.39 is 0 Å². The first-order valence-electron chi connectivity index (χ1n) is 10.4. The summed E-state index contributed by atoms with van der Waals surface area (Å²) in [7, 11) is 5.62. The average molecular weight is 422 g/mol. The molecule has 0 radical (unpaired) electrons. The van der Waals surface area contributed by atoms with Crippen LogP contribution >= 0.6 is 0 Å². The van der Waals surface area contributed by atoms with Crippen molar-refractivity contribution < 1.29 is 13.9 Å². The Morgan fingerprint density at radius 1 is 0.935 bits per heavy atom. The lowest BCUT2D eigenvalue weighted by atomic mass is 10.1. The van der Waals surface area contributed by atoms with Crippen molar-refractivity contribution in [3.63, 3.8) is 0 Å². The minimum absolute atomic E-state index is 0.185. The van der Waals surface area contributed by atoms with Gasteiger partial charge in [-0.3, -0.25) is 9.69 Å². The van der Waals surface area contributed by atoms with Crippen molar-refractivity contribution in [2.45, 2.75) is 19.6 Å². The van der Waals surface area contributed by atoms with E-state index in [1.165, 1.54) is 5.56 Å². The fourth-order valence-corrected chi connectivity index (χ4v) is 3.32. The number of methoxy groups -OCH3 is 1. The normalized spacial score (nSPS) is 11.1. The van der Waals surface area contributed by atoms with E-state index in [0.29, 0.717) is 18.8 Å². The van der Waals surface area contributed by atoms with Crippen molar-refractivity contribution in [2.75, 3.05) is 34.3 Å². The van der Waals surface area contributed by atoms with E-state index in [1.807, 2.05) is 61.5 Å². The molecule has 0 aliphatic heterocycles. The summed E-state index contributed by atoms with van der Waals surface area (Å²) in [6.07, 6.45) is 0. The molecule has 0 fully saturated rings. The molecule has 1 heterocycles. The first-order valence-corrected chi connectivity index (χ1v) is 10.4. The summed E-state index contributed by atoms with van der Waals surface area (Å²) < 4.78 is 11.2. The van der Waals surface area contributed by atoms with Crippen molar-refractivity contribution >= 4 is 5.91 Å². The van der Waals surface area contributed by atoms with Crippen LogP contribution in [0.1, 0.15) is 27.4 Å². The molecule has 0 saturated heterocycles. The fourth-order valence-electron chi connectivity index (χ4n) is 3.32. The SMILES string of the molecule is COc1cccc(CN(Cc2ccccc2)Cc2ccc(C(=O)NCCN(C)C)o2)c1. The summed E-state index contributed by atoms with van der Waals surface area (Å²) >= 11 is 0. The van der Waals surface area contributed by atoms with Crippen LogP contribution in [0, 0.1) is 0 Å². The summed E-state index contributed by atoms with van der Waals surface area (Å²) in [4.78, 5) is 16.6. The maximum Gasteiger partial charge on any atom is 0.287 e. The molecule has 0 spiro atoms. The van der Waals surface area contributed by atoms with Gasteiger partial charge in [0, 0.05) is 26.2 Å². The predicted octanol–water partition coefficient (Wildman–Crippen LogP) is 3.78. The van der Waals surface area contributed by atoms with Gasteiger partial charge in [-0.1, -0.05) is 42.5 Å². The maximum absolute atomic E-state index is 12.3. The smallest absolute Gasteiger partial charge is 0.287 e. The minimum atomic E-state index is -0.185. The van der Waals surface area contributed by atoms with Gasteiger partial charge in [-0.25, -0.2) is 0 Å². The molecule has 1 amide bonds. The number of nitrogens with one attached hydrogen (secondary N) is 1. The van der Waals surface area contributed by atoms with Gasteiger partial charge in [0.15, 0.2) is 5.76 Å². The van der Waals surface area contributed by atoms with Crippen LogP contribution in [0.5, 0.6) is 5.75 Å². The fraction of sp³-hybridized carbons (Fsp3) is 0.320. The molecule has 0 aliphatic rings. The van der Waals surface area contributed by atoms with Gasteiger partial charge >= 0.3 is 0 Å². The van der Waals surface area contributed by atoms with Crippen LogP contribution in [-0.2, 0) is 19.6 Å². The third kappa shape index (κ3) is 7.27. The first kappa shape index (κ1) is 22.6. The number of furan rings is 1. The average Bonchev–Trinajstić information content (AvgIpc) is 3.23. The van der Waals surface area contributed by atoms with Crippen LogP contribution in [-0.4, -0.2) is 50.0 Å². The lowest BCUT2D eigenvalue weighted by Gasteiger charge is -2.22. The van der Waals surface area contributed by atoms with Gasteiger partial charge in [-0.15, -0.1) is 0 Å². The minimum Gasteiger partial charge on any atom is -0.497 e. The van der Waals surface area contributed by atoms with Gasteiger partial charge in [0.05, 0.1) is 13.7 Å². The monoisotopic (exact) mass is 421 g/mol. The number of likely N-dealkylation sites (N-methyl/N-ethyl adjacent to an activating group) is 1. The molecular formula is C25H31N3O3. The lowest BCUT2D eigenvalue weighted by molar-refractivity contribution is 0.0918. The number of nitrogens with zero attached hydrogens (tertiary/aromatic N) is 2. The van der Waals surface area contributed by atoms with E-state index in [0.717, 1.165) is 36.7 Å². The maximum atomic E-state index is 12.3. The Labute approximate surface area is 184 Å². The van der Waals surface area contributed by atoms with Crippen LogP contribution in [0.3, 0.4) is 0 Å². The molecule has 31 heavy (non-hydrogen) atoms. The standard InChI is InChI=1S/C25H31N3O3/c1-27(2)15-14-26-25(29)24-13-12-23(31-24)19-28(17-20-8-5-4-6-9-20)18-21-10-7-11-22(16-21)30-3/h4-13,16H,14-15,17-19H2,1-3H3,(H,26,29). The molecule has 0 saturated carbocycles. The summed E-state index contributed by atoms with van der Waals surface area (Å²) in [5.41, 5.74) is 2.38. The van der Waals surface area contributed by atoms with E-state index in [4.69, 9.17) is 9.15 Å². The molecule has 6 nitrogen and oxygen atoms in total. The first-order chi connectivity index (χ1) is 15.0. The second-order valence-electron chi connectivity index (χ2n) is 7.81. The summed E-state index contributed by atoms with van der Waals surface area (Å²) in [6, 6.07) is 22.0. The number of carbonyl (C=O) groups is 1. The Morgan fingerprint density at radius 2 is 1.68 bits per heavy atom. The van der Waals surface area contributed by atoms with Crippen molar-refractivity contribution in [3.05, 3.63) is 89.4 Å². The largest absolute Gasteiger partial charge is 0.497 e. The van der Waals surface area contributed by atoms with Gasteiger partial charge in [-0.05, 0) is 49.5 Å². The van der Waals surface area contributed by atoms with Crippen LogP contribution < -0.4 is 10.1 Å². The van der Waals surface area contributed by atoms with Gasteiger partial charge in [0.25, 0.3) is 5.91 Å². The van der Waals surface area contributed by atoms with Crippen LogP contribution in [0.15, 0.2) is 71.1 Å². The number of ether oxygens (including phenoxy) is 1. The molecule has 0 bridgehead atoms. The molecule has 0 unspecified atom stereocenters. The van der Waals surface area contributed by atoms with Crippen LogP contribution in [0.2, 0.25) is 0 Å². The molecule has 1 aromatic heterocycles. The third-order valence-corrected chi connectivity index (χ3v) is 4.90. The highest BCUT2D eigenvalue weighted by Gasteiger charge is 2.15. The predicted molar refractivity (Wildman–Crippen MR) is 122 cm³/mol. The van der Waals surface area contributed by atoms with Gasteiger partial charge in [0.1, 0.15) is 11.5 Å². The Balaban J connectivity index is 1.69. The summed E-state index contributed by atoms with van der Waals surface area (Å²) in [5.74, 6) is 1.76. The van der Waals surface area contributed by atoms with Crippen LogP contribution in [0.4, 0.5) is 0 Å². The van der Waals surface area contributed by atoms with Crippen molar-refractivity contribution in [2.24, 2.45) is 0 Å². The number of carbonyl (C=O) groups excluding carboxylic acids is 1. The van der Waals surface area contributed by atoms with Gasteiger partial charge in [0.2, 0.25) is 0 Å². The number of rotatable bonds is 11. The second kappa shape index (κ2) is 11.3. The summed E-state index contributed by atoms with van der Waals surface area (Å²) in [6.45, 7) is 3.46. The van der Waals surface area contributed by atoms with E-state index in [9.17, 15) is 4.79 Å². The number of hydrogen-bond donors (Lipinski definition) is 1. The zero-order valence-electron chi connectivity index (χ0n) is 18.5. The Kier molecular flexibility index (Phi) is 8.27. The third-order valence-electron chi connectivity index (χ3n) is 4.90. The number of hydrogen-bond acceptors (Lipinski definition) is 5. The quantitative estimate of drug-likeness (QED) is 0.511. The molecular weight excluding hydrogens is 390 g/mol. The van der Waals surface area contributed by atoms with E-state index >= 15 is 0 Å². The molecule has 3 aromatic rings. The topological polar surface area (TPSA) is 58.0 Å². The highest BCUT2D eigenvalue weighted by molar-refractivity contribution is 5.91. The highest BCUT2D eigenvalue weighted by atomic mass is 16.5. The molecule has 6 heteroatoms. The van der Waals surface area contributed by atoms with Crippen LogP contribution in [0.25, 0.3) is 0 Å². The zero-order valence-corrected chi connectivity index (χ0v) is 18.5. The number of amides is 1. The summed E-state index contributed by atoms with van der Waals surface area (Å²) in [5, 5.41) is 2.89. The van der Waals surface area contributed by atoms with E-state index in [-0.39, 0.29) is 5.91 Å². The molecule has 0 atom stereocenters. The zero-order chi connectivity index (χ0) is 22.1. The molecule has 2 aromatic carbocycles. The van der Waals surface area contributed by atoms with E-state index in [1.54, 1.807) is 13.2 Å². The highest BCUT2D eigenvalue weighted by Crippen LogP contribution is 2.19. The van der Waals surface area contributed by atoms with Crippen molar-refractivity contribution in [1.29, 1.82) is 0 Å². The molecule has 3 rings (SSSR count). The Bertz CT molecular complexity index is 953. The Hall–Kier alpha value is -3.09. The lowest BCUT2D eigenvalue weighted by Crippen LogP contribution is -2.31. The molecule has 164 valence electrons. The molecule has 1 N–H and O–H groups in total. The second-order valence-corrected chi connectivity index (χ2v) is 7.81. The van der Waals surface area contributed by atoms with Gasteiger partial charge < -0.3 is 19.4 Å².